The quantitative estimate of drug-likeness (QED) is 0.807. The van der Waals surface area contributed by atoms with Crippen molar-refractivity contribution in [1.82, 2.24) is 15.2 Å². The summed E-state index contributed by atoms with van der Waals surface area (Å²) in [6, 6.07) is 3.81. The predicted octanol–water partition coefficient (Wildman–Crippen LogP) is 1.53. The standard InChI is InChI=1S/C20H29N3O3/c1-15-5-3-9-19(15,2)18(25)22-12-20(26)13-23(14-20)17(24)8-7-16-6-4-10-21-11-16/h4,6,10-11,15,26H,3,5,7-9,12-14H2,1-2H3,(H,22,25). The van der Waals surface area contributed by atoms with Gasteiger partial charge < -0.3 is 15.3 Å². The molecule has 0 radical (unpaired) electrons. The van der Waals surface area contributed by atoms with Gasteiger partial charge >= 0.3 is 0 Å². The predicted molar refractivity (Wildman–Crippen MR) is 98.2 cm³/mol. The fourth-order valence-corrected chi connectivity index (χ4v) is 4.03. The van der Waals surface area contributed by atoms with Crippen LogP contribution in [0, 0.1) is 11.3 Å². The molecule has 142 valence electrons. The average molecular weight is 359 g/mol. The first-order valence-electron chi connectivity index (χ1n) is 9.50. The molecule has 2 N–H and O–H groups in total. The molecule has 26 heavy (non-hydrogen) atoms. The van der Waals surface area contributed by atoms with Crippen molar-refractivity contribution in [2.24, 2.45) is 11.3 Å². The largest absolute Gasteiger partial charge is 0.384 e. The Labute approximate surface area is 155 Å². The molecule has 2 fully saturated rings. The molecule has 2 unspecified atom stereocenters. The monoisotopic (exact) mass is 359 g/mol. The number of aromatic nitrogens is 1. The Hall–Kier alpha value is -1.95. The first-order chi connectivity index (χ1) is 12.3. The van der Waals surface area contributed by atoms with E-state index in [2.05, 4.69) is 17.2 Å². The first-order valence-corrected chi connectivity index (χ1v) is 9.50. The molecule has 0 spiro atoms. The minimum atomic E-state index is -1.00. The highest BCUT2D eigenvalue weighted by Gasteiger charge is 2.46. The Morgan fingerprint density at radius 3 is 2.81 bits per heavy atom. The highest BCUT2D eigenvalue weighted by Crippen LogP contribution is 2.42. The number of hydrogen-bond donors (Lipinski definition) is 2. The molecule has 1 saturated heterocycles. The number of β-amino-alcohol motifs (C(OH)–C–C–N with tert-alkyl or cyclic N) is 1. The average Bonchev–Trinajstić information content (AvgIpc) is 2.96. The molecule has 1 aromatic heterocycles. The highest BCUT2D eigenvalue weighted by atomic mass is 16.3. The molecule has 3 rings (SSSR count). The van der Waals surface area contributed by atoms with Crippen LogP contribution in [-0.2, 0) is 16.0 Å². The SMILES string of the molecule is CC1CCCC1(C)C(=O)NCC1(O)CN(C(=O)CCc2cccnc2)C1. The van der Waals surface area contributed by atoms with Crippen LogP contribution in [0.3, 0.4) is 0 Å². The zero-order valence-electron chi connectivity index (χ0n) is 15.7. The minimum Gasteiger partial charge on any atom is -0.384 e. The molecule has 0 bridgehead atoms. The summed E-state index contributed by atoms with van der Waals surface area (Å²) in [5, 5.41) is 13.5. The molecule has 2 aliphatic rings. The van der Waals surface area contributed by atoms with Gasteiger partial charge in [-0.2, -0.15) is 0 Å². The molecule has 1 aliphatic carbocycles. The van der Waals surface area contributed by atoms with Crippen molar-refractivity contribution in [2.45, 2.75) is 51.6 Å². The van der Waals surface area contributed by atoms with E-state index in [1.54, 1.807) is 17.3 Å². The number of rotatable bonds is 6. The zero-order chi connectivity index (χ0) is 18.8. The van der Waals surface area contributed by atoms with Crippen molar-refractivity contribution in [3.8, 4) is 0 Å². The van der Waals surface area contributed by atoms with Gasteiger partial charge in [0.15, 0.2) is 0 Å². The normalized spacial score (nSPS) is 27.0. The van der Waals surface area contributed by atoms with E-state index in [-0.39, 0.29) is 36.9 Å². The molecule has 1 aliphatic heterocycles. The number of nitrogens with zero attached hydrogens (tertiary/aromatic N) is 2. The van der Waals surface area contributed by atoms with Gasteiger partial charge in [-0.05, 0) is 36.8 Å². The molecule has 6 heteroatoms. The third kappa shape index (κ3) is 3.90. The summed E-state index contributed by atoms with van der Waals surface area (Å²) in [7, 11) is 0. The van der Waals surface area contributed by atoms with Crippen LogP contribution in [0.1, 0.15) is 45.1 Å². The van der Waals surface area contributed by atoms with E-state index in [1.165, 1.54) is 0 Å². The van der Waals surface area contributed by atoms with Gasteiger partial charge in [0.05, 0.1) is 13.1 Å². The number of aliphatic hydroxyl groups is 1. The Morgan fingerprint density at radius 2 is 2.19 bits per heavy atom. The third-order valence-corrected chi connectivity index (χ3v) is 6.19. The van der Waals surface area contributed by atoms with E-state index >= 15 is 0 Å². The minimum absolute atomic E-state index is 0.0253. The van der Waals surface area contributed by atoms with Crippen LogP contribution in [0.15, 0.2) is 24.5 Å². The van der Waals surface area contributed by atoms with Crippen molar-refractivity contribution in [3.05, 3.63) is 30.1 Å². The van der Waals surface area contributed by atoms with E-state index in [4.69, 9.17) is 0 Å². The Kier molecular flexibility index (Phi) is 5.32. The lowest BCUT2D eigenvalue weighted by atomic mass is 9.79. The number of carbonyl (C=O) groups is 2. The second-order valence-corrected chi connectivity index (χ2v) is 8.23. The summed E-state index contributed by atoms with van der Waals surface area (Å²) in [5.41, 5.74) is -0.306. The molecule has 2 heterocycles. The topological polar surface area (TPSA) is 82.5 Å². The second kappa shape index (κ2) is 7.35. The van der Waals surface area contributed by atoms with Crippen molar-refractivity contribution in [2.75, 3.05) is 19.6 Å². The molecule has 6 nitrogen and oxygen atoms in total. The second-order valence-electron chi connectivity index (χ2n) is 8.23. The Balaban J connectivity index is 1.41. The van der Waals surface area contributed by atoms with Crippen LogP contribution in [-0.4, -0.2) is 52.0 Å². The summed E-state index contributed by atoms with van der Waals surface area (Å²) in [6.45, 7) is 4.91. The van der Waals surface area contributed by atoms with Crippen LogP contribution in [0.4, 0.5) is 0 Å². The van der Waals surface area contributed by atoms with Gasteiger partial charge in [-0.3, -0.25) is 14.6 Å². The van der Waals surface area contributed by atoms with Gasteiger partial charge in [-0.15, -0.1) is 0 Å². The van der Waals surface area contributed by atoms with E-state index in [9.17, 15) is 14.7 Å². The first kappa shape index (κ1) is 18.8. The van der Waals surface area contributed by atoms with Gasteiger partial charge in [0, 0.05) is 30.8 Å². The Bertz CT molecular complexity index is 658. The molecule has 0 aromatic carbocycles. The number of carbonyl (C=O) groups excluding carboxylic acids is 2. The fraction of sp³-hybridized carbons (Fsp3) is 0.650. The van der Waals surface area contributed by atoms with Crippen LogP contribution in [0.2, 0.25) is 0 Å². The summed E-state index contributed by atoms with van der Waals surface area (Å²) < 4.78 is 0. The molecule has 2 atom stereocenters. The lowest BCUT2D eigenvalue weighted by Crippen LogP contribution is -2.68. The fourth-order valence-electron chi connectivity index (χ4n) is 4.03. The van der Waals surface area contributed by atoms with Crippen molar-refractivity contribution < 1.29 is 14.7 Å². The van der Waals surface area contributed by atoms with Crippen molar-refractivity contribution in [3.63, 3.8) is 0 Å². The number of pyridine rings is 1. The summed E-state index contributed by atoms with van der Waals surface area (Å²) in [4.78, 5) is 30.5. The summed E-state index contributed by atoms with van der Waals surface area (Å²) in [6.07, 6.45) is 7.58. The lowest BCUT2D eigenvalue weighted by Gasteiger charge is -2.47. The maximum absolute atomic E-state index is 12.5. The molecule has 2 amide bonds. The molecular formula is C20H29N3O3. The van der Waals surface area contributed by atoms with Crippen LogP contribution >= 0.6 is 0 Å². The highest BCUT2D eigenvalue weighted by molar-refractivity contribution is 5.83. The van der Waals surface area contributed by atoms with E-state index in [0.717, 1.165) is 24.8 Å². The lowest BCUT2D eigenvalue weighted by molar-refractivity contribution is -0.156. The zero-order valence-corrected chi connectivity index (χ0v) is 15.7. The summed E-state index contributed by atoms with van der Waals surface area (Å²) in [5.74, 6) is 0.419. The van der Waals surface area contributed by atoms with Gasteiger partial charge in [0.2, 0.25) is 11.8 Å². The van der Waals surface area contributed by atoms with E-state index < -0.39 is 5.60 Å². The molecule has 1 saturated carbocycles. The number of amides is 2. The van der Waals surface area contributed by atoms with E-state index in [0.29, 0.717) is 18.8 Å². The number of hydrogen-bond acceptors (Lipinski definition) is 4. The maximum Gasteiger partial charge on any atom is 0.226 e. The van der Waals surface area contributed by atoms with E-state index in [1.807, 2.05) is 19.1 Å². The van der Waals surface area contributed by atoms with Crippen LogP contribution in [0.5, 0.6) is 0 Å². The van der Waals surface area contributed by atoms with Gasteiger partial charge in [0.25, 0.3) is 0 Å². The van der Waals surface area contributed by atoms with Crippen LogP contribution in [0.25, 0.3) is 0 Å². The number of nitrogens with one attached hydrogen (secondary N) is 1. The van der Waals surface area contributed by atoms with Gasteiger partial charge in [-0.1, -0.05) is 26.3 Å². The Morgan fingerprint density at radius 1 is 1.42 bits per heavy atom. The van der Waals surface area contributed by atoms with Gasteiger partial charge in [-0.25, -0.2) is 0 Å². The molecule has 1 aromatic rings. The van der Waals surface area contributed by atoms with Crippen molar-refractivity contribution in [1.29, 1.82) is 0 Å². The third-order valence-electron chi connectivity index (χ3n) is 6.19. The maximum atomic E-state index is 12.5. The smallest absolute Gasteiger partial charge is 0.226 e. The van der Waals surface area contributed by atoms with Crippen LogP contribution < -0.4 is 5.32 Å². The molecular weight excluding hydrogens is 330 g/mol. The number of aryl methyl sites for hydroxylation is 1. The van der Waals surface area contributed by atoms with Gasteiger partial charge in [0.1, 0.15) is 5.60 Å². The number of likely N-dealkylation sites (tertiary alicyclic amines) is 1. The van der Waals surface area contributed by atoms with Crippen molar-refractivity contribution >= 4 is 11.8 Å². The summed E-state index contributed by atoms with van der Waals surface area (Å²) >= 11 is 0.